The molecule has 0 spiro atoms. The third-order valence-electron chi connectivity index (χ3n) is 5.59. The van der Waals surface area contributed by atoms with Crippen LogP contribution in [0.25, 0.3) is 0 Å². The molecule has 1 aliphatic heterocycles. The van der Waals surface area contributed by atoms with Gasteiger partial charge in [0.05, 0.1) is 26.1 Å². The number of carbonyl (C=O) groups is 2. The molecule has 1 saturated heterocycles. The molecule has 1 amide bonds. The minimum absolute atomic E-state index is 0.143. The summed E-state index contributed by atoms with van der Waals surface area (Å²) in [5.74, 6) is 0.904. The van der Waals surface area contributed by atoms with Gasteiger partial charge in [-0.25, -0.2) is 4.79 Å². The molecule has 1 heterocycles. The highest BCUT2D eigenvalue weighted by Gasteiger charge is 2.39. The zero-order valence-corrected chi connectivity index (χ0v) is 19.9. The topological polar surface area (TPSA) is 65.1 Å². The van der Waals surface area contributed by atoms with Gasteiger partial charge in [0, 0.05) is 10.0 Å². The van der Waals surface area contributed by atoms with Crippen molar-refractivity contribution in [1.29, 1.82) is 0 Å². The molecule has 170 valence electrons. The standard InChI is InChI=1S/C26H24BrNO5/c1-17-25(19-8-4-3-5-9-19)33-26(30)28(17)16-20-15-21(27)11-12-23(20)32-22-10-6-7-18(13-22)14-24(29)31-2/h3-13,15,17,25H,14,16H2,1-2H3. The largest absolute Gasteiger partial charge is 0.469 e. The van der Waals surface area contributed by atoms with Gasteiger partial charge in [0.1, 0.15) is 17.6 Å². The zero-order valence-electron chi connectivity index (χ0n) is 18.4. The number of carbonyl (C=O) groups excluding carboxylic acids is 2. The summed E-state index contributed by atoms with van der Waals surface area (Å²) < 4.78 is 17.5. The molecule has 1 fully saturated rings. The van der Waals surface area contributed by atoms with Crippen LogP contribution in [0.3, 0.4) is 0 Å². The Bertz CT molecular complexity index is 1150. The van der Waals surface area contributed by atoms with E-state index < -0.39 is 0 Å². The highest BCUT2D eigenvalue weighted by Crippen LogP contribution is 2.36. The first-order chi connectivity index (χ1) is 15.9. The van der Waals surface area contributed by atoms with Crippen LogP contribution in [0.4, 0.5) is 4.79 Å². The molecule has 3 aromatic carbocycles. The average Bonchev–Trinajstić information content (AvgIpc) is 3.10. The third-order valence-corrected chi connectivity index (χ3v) is 6.08. The van der Waals surface area contributed by atoms with E-state index in [1.54, 1.807) is 11.0 Å². The second kappa shape index (κ2) is 10.1. The summed E-state index contributed by atoms with van der Waals surface area (Å²) in [7, 11) is 1.36. The Balaban J connectivity index is 1.55. The number of rotatable bonds is 7. The molecule has 7 heteroatoms. The van der Waals surface area contributed by atoms with E-state index in [1.165, 1.54) is 7.11 Å². The summed E-state index contributed by atoms with van der Waals surface area (Å²) in [6.45, 7) is 2.32. The predicted molar refractivity (Wildman–Crippen MR) is 127 cm³/mol. The molecule has 0 saturated carbocycles. The Morgan fingerprint density at radius 2 is 1.85 bits per heavy atom. The van der Waals surface area contributed by atoms with E-state index in [-0.39, 0.29) is 30.6 Å². The number of methoxy groups -OCH3 is 1. The lowest BCUT2D eigenvalue weighted by Gasteiger charge is -2.22. The van der Waals surface area contributed by atoms with Gasteiger partial charge in [-0.2, -0.15) is 0 Å². The summed E-state index contributed by atoms with van der Waals surface area (Å²) in [6.07, 6.45) is -0.522. The fourth-order valence-electron chi connectivity index (χ4n) is 3.84. The average molecular weight is 510 g/mol. The molecule has 2 atom stereocenters. The van der Waals surface area contributed by atoms with E-state index in [4.69, 9.17) is 14.2 Å². The van der Waals surface area contributed by atoms with Crippen molar-refractivity contribution >= 4 is 28.0 Å². The molecule has 0 aromatic heterocycles. The van der Waals surface area contributed by atoms with Gasteiger partial charge in [-0.3, -0.25) is 9.69 Å². The first kappa shape index (κ1) is 22.9. The van der Waals surface area contributed by atoms with Crippen LogP contribution in [-0.2, 0) is 27.2 Å². The molecule has 1 aliphatic rings. The van der Waals surface area contributed by atoms with E-state index in [1.807, 2.05) is 73.7 Å². The smallest absolute Gasteiger partial charge is 0.411 e. The van der Waals surface area contributed by atoms with Gasteiger partial charge in [-0.1, -0.05) is 58.4 Å². The number of hydrogen-bond donors (Lipinski definition) is 0. The third kappa shape index (κ3) is 5.37. The van der Waals surface area contributed by atoms with Crippen LogP contribution < -0.4 is 4.74 Å². The number of ether oxygens (including phenoxy) is 3. The van der Waals surface area contributed by atoms with Crippen molar-refractivity contribution in [3.05, 3.63) is 94.0 Å². The lowest BCUT2D eigenvalue weighted by molar-refractivity contribution is -0.139. The Morgan fingerprint density at radius 3 is 2.61 bits per heavy atom. The van der Waals surface area contributed by atoms with Gasteiger partial charge in [0.2, 0.25) is 0 Å². The number of benzene rings is 3. The normalized spacial score (nSPS) is 17.5. The lowest BCUT2D eigenvalue weighted by atomic mass is 10.0. The fourth-order valence-corrected chi connectivity index (χ4v) is 4.25. The highest BCUT2D eigenvalue weighted by atomic mass is 79.9. The first-order valence-electron chi connectivity index (χ1n) is 10.6. The Morgan fingerprint density at radius 1 is 1.06 bits per heavy atom. The predicted octanol–water partition coefficient (Wildman–Crippen LogP) is 6.04. The van der Waals surface area contributed by atoms with Crippen molar-refractivity contribution in [2.75, 3.05) is 7.11 Å². The Hall–Kier alpha value is -3.32. The number of amides is 1. The summed E-state index contributed by atoms with van der Waals surface area (Å²) in [5, 5.41) is 0. The van der Waals surface area contributed by atoms with E-state index in [9.17, 15) is 9.59 Å². The minimum atomic E-state index is -0.359. The van der Waals surface area contributed by atoms with Gasteiger partial charge in [-0.05, 0) is 48.4 Å². The Kier molecular flexibility index (Phi) is 6.99. The van der Waals surface area contributed by atoms with Crippen molar-refractivity contribution in [2.24, 2.45) is 0 Å². The molecule has 2 unspecified atom stereocenters. The molecule has 0 bridgehead atoms. The second-order valence-corrected chi connectivity index (χ2v) is 8.75. The number of halogens is 1. The van der Waals surface area contributed by atoms with Gasteiger partial charge in [0.15, 0.2) is 0 Å². The van der Waals surface area contributed by atoms with Crippen molar-refractivity contribution in [1.82, 2.24) is 4.90 Å². The van der Waals surface area contributed by atoms with Crippen LogP contribution >= 0.6 is 15.9 Å². The first-order valence-corrected chi connectivity index (χ1v) is 11.4. The molecule has 0 aliphatic carbocycles. The number of esters is 1. The minimum Gasteiger partial charge on any atom is -0.469 e. The quantitative estimate of drug-likeness (QED) is 0.363. The maximum atomic E-state index is 12.7. The van der Waals surface area contributed by atoms with E-state index in [0.29, 0.717) is 18.0 Å². The maximum absolute atomic E-state index is 12.7. The summed E-state index contributed by atoms with van der Waals surface area (Å²) in [5.41, 5.74) is 2.59. The summed E-state index contributed by atoms with van der Waals surface area (Å²) in [6, 6.07) is 22.6. The van der Waals surface area contributed by atoms with Crippen LogP contribution in [0.2, 0.25) is 0 Å². The second-order valence-electron chi connectivity index (χ2n) is 7.84. The van der Waals surface area contributed by atoms with Crippen LogP contribution in [0.1, 0.15) is 29.7 Å². The fraction of sp³-hybridized carbons (Fsp3) is 0.231. The Labute approximate surface area is 201 Å². The molecule has 0 radical (unpaired) electrons. The van der Waals surface area contributed by atoms with Gasteiger partial charge >= 0.3 is 12.1 Å². The van der Waals surface area contributed by atoms with Gasteiger partial charge in [-0.15, -0.1) is 0 Å². The molecule has 6 nitrogen and oxygen atoms in total. The van der Waals surface area contributed by atoms with Crippen molar-refractivity contribution in [3.63, 3.8) is 0 Å². The SMILES string of the molecule is COC(=O)Cc1cccc(Oc2ccc(Br)cc2CN2C(=O)OC(c3ccccc3)C2C)c1. The van der Waals surface area contributed by atoms with Crippen molar-refractivity contribution < 1.29 is 23.8 Å². The highest BCUT2D eigenvalue weighted by molar-refractivity contribution is 9.10. The van der Waals surface area contributed by atoms with Gasteiger partial charge in [0.25, 0.3) is 0 Å². The van der Waals surface area contributed by atoms with E-state index >= 15 is 0 Å². The van der Waals surface area contributed by atoms with E-state index in [2.05, 4.69) is 15.9 Å². The van der Waals surface area contributed by atoms with Crippen LogP contribution in [0, 0.1) is 0 Å². The maximum Gasteiger partial charge on any atom is 0.411 e. The van der Waals surface area contributed by atoms with Crippen molar-refractivity contribution in [3.8, 4) is 11.5 Å². The van der Waals surface area contributed by atoms with Crippen LogP contribution in [0.15, 0.2) is 77.3 Å². The molecule has 0 N–H and O–H groups in total. The molecule has 33 heavy (non-hydrogen) atoms. The summed E-state index contributed by atoms with van der Waals surface area (Å²) >= 11 is 3.51. The van der Waals surface area contributed by atoms with Crippen LogP contribution in [-0.4, -0.2) is 30.1 Å². The van der Waals surface area contributed by atoms with Gasteiger partial charge < -0.3 is 14.2 Å². The molecule has 3 aromatic rings. The molecule has 4 rings (SSSR count). The van der Waals surface area contributed by atoms with E-state index in [0.717, 1.165) is 21.2 Å². The monoisotopic (exact) mass is 509 g/mol. The zero-order chi connectivity index (χ0) is 23.4. The summed E-state index contributed by atoms with van der Waals surface area (Å²) in [4.78, 5) is 26.0. The van der Waals surface area contributed by atoms with Crippen molar-refractivity contribution in [2.45, 2.75) is 32.0 Å². The molecular formula is C26H24BrNO5. The van der Waals surface area contributed by atoms with Crippen LogP contribution in [0.5, 0.6) is 11.5 Å². The number of cyclic esters (lactones) is 1. The lowest BCUT2D eigenvalue weighted by Crippen LogP contribution is -2.31. The molecular weight excluding hydrogens is 486 g/mol. The number of hydrogen-bond acceptors (Lipinski definition) is 5. The number of nitrogens with zero attached hydrogens (tertiary/aromatic N) is 1.